The quantitative estimate of drug-likeness (QED) is 0.422. The van der Waals surface area contributed by atoms with Crippen molar-refractivity contribution >= 4 is 17.3 Å². The molecule has 124 valence electrons. The van der Waals surface area contributed by atoms with Crippen molar-refractivity contribution in [1.82, 2.24) is 10.6 Å². The van der Waals surface area contributed by atoms with Gasteiger partial charge in [0.15, 0.2) is 5.96 Å². The first-order valence-electron chi connectivity index (χ1n) is 7.97. The second kappa shape index (κ2) is 10.8. The third-order valence-corrected chi connectivity index (χ3v) is 4.25. The lowest BCUT2D eigenvalue weighted by atomic mass is 10.2. The Morgan fingerprint density at radius 3 is 2.70 bits per heavy atom. The Hall–Kier alpha value is -1.85. The predicted octanol–water partition coefficient (Wildman–Crippen LogP) is 3.06. The average Bonchev–Trinajstić information content (AvgIpc) is 3.11. The van der Waals surface area contributed by atoms with Crippen molar-refractivity contribution in [2.45, 2.75) is 19.4 Å². The lowest BCUT2D eigenvalue weighted by Gasteiger charge is -2.11. The molecule has 0 saturated carbocycles. The van der Waals surface area contributed by atoms with Crippen molar-refractivity contribution in [3.05, 3.63) is 58.3 Å². The second-order valence-corrected chi connectivity index (χ2v) is 6.17. The molecule has 1 aromatic carbocycles. The molecule has 0 aliphatic rings. The lowest BCUT2D eigenvalue weighted by molar-refractivity contribution is 0.135. The summed E-state index contributed by atoms with van der Waals surface area (Å²) in [4.78, 5) is 5.52. The lowest BCUT2D eigenvalue weighted by Crippen LogP contribution is -2.37. The predicted molar refractivity (Wildman–Crippen MR) is 98.1 cm³/mol. The third kappa shape index (κ3) is 7.30. The number of ether oxygens (including phenoxy) is 1. The van der Waals surface area contributed by atoms with E-state index >= 15 is 0 Å². The fraction of sp³-hybridized carbons (Fsp3) is 0.389. The van der Waals surface area contributed by atoms with Gasteiger partial charge >= 0.3 is 0 Å². The zero-order chi connectivity index (χ0) is 16.2. The number of hydrogen-bond donors (Lipinski definition) is 2. The Bertz CT molecular complexity index is 555. The Balaban J connectivity index is 1.49. The van der Waals surface area contributed by atoms with Gasteiger partial charge < -0.3 is 15.4 Å². The molecule has 0 fully saturated rings. The van der Waals surface area contributed by atoms with E-state index in [0.717, 1.165) is 45.1 Å². The number of guanidine groups is 1. The van der Waals surface area contributed by atoms with Crippen LogP contribution in [0.2, 0.25) is 0 Å². The van der Waals surface area contributed by atoms with Gasteiger partial charge in [-0.3, -0.25) is 4.99 Å². The van der Waals surface area contributed by atoms with Crippen LogP contribution in [0.3, 0.4) is 0 Å². The maximum atomic E-state index is 5.67. The van der Waals surface area contributed by atoms with Crippen LogP contribution in [0.5, 0.6) is 0 Å². The van der Waals surface area contributed by atoms with E-state index in [9.17, 15) is 0 Å². The minimum Gasteiger partial charge on any atom is -0.381 e. The highest BCUT2D eigenvalue weighted by molar-refractivity contribution is 7.09. The molecule has 2 N–H and O–H groups in total. The smallest absolute Gasteiger partial charge is 0.191 e. The molecule has 1 heterocycles. The van der Waals surface area contributed by atoms with Crippen LogP contribution in [0.4, 0.5) is 0 Å². The number of rotatable bonds is 9. The number of nitrogens with zero attached hydrogens (tertiary/aromatic N) is 1. The first-order chi connectivity index (χ1) is 11.4. The molecular formula is C18H25N3OS. The van der Waals surface area contributed by atoms with Crippen molar-refractivity contribution < 1.29 is 4.74 Å². The van der Waals surface area contributed by atoms with E-state index < -0.39 is 0 Å². The zero-order valence-corrected chi connectivity index (χ0v) is 14.4. The van der Waals surface area contributed by atoms with Crippen molar-refractivity contribution in [1.29, 1.82) is 0 Å². The zero-order valence-electron chi connectivity index (χ0n) is 13.6. The van der Waals surface area contributed by atoms with Gasteiger partial charge in [0, 0.05) is 25.1 Å². The molecule has 2 aromatic rings. The molecule has 5 heteroatoms. The molecule has 0 spiro atoms. The van der Waals surface area contributed by atoms with Gasteiger partial charge in [0.2, 0.25) is 0 Å². The minimum atomic E-state index is 0.766. The highest BCUT2D eigenvalue weighted by Crippen LogP contribution is 2.07. The van der Waals surface area contributed by atoms with Gasteiger partial charge in [-0.2, -0.15) is 0 Å². The van der Waals surface area contributed by atoms with Gasteiger partial charge in [-0.1, -0.05) is 36.4 Å². The van der Waals surface area contributed by atoms with Gasteiger partial charge in [0.1, 0.15) is 0 Å². The SMILES string of the molecule is CN=C(NCCCOCCc1ccccc1)NCc1cccs1. The Labute approximate surface area is 142 Å². The van der Waals surface area contributed by atoms with Crippen LogP contribution in [0.25, 0.3) is 0 Å². The molecule has 0 aliphatic heterocycles. The van der Waals surface area contributed by atoms with E-state index in [1.54, 1.807) is 18.4 Å². The largest absolute Gasteiger partial charge is 0.381 e. The van der Waals surface area contributed by atoms with Gasteiger partial charge in [-0.25, -0.2) is 0 Å². The topological polar surface area (TPSA) is 45.7 Å². The molecule has 0 saturated heterocycles. The highest BCUT2D eigenvalue weighted by Gasteiger charge is 1.98. The van der Waals surface area contributed by atoms with Crippen LogP contribution in [0.15, 0.2) is 52.8 Å². The van der Waals surface area contributed by atoms with Crippen molar-refractivity contribution in [2.24, 2.45) is 4.99 Å². The minimum absolute atomic E-state index is 0.766. The van der Waals surface area contributed by atoms with Crippen LogP contribution in [-0.2, 0) is 17.7 Å². The van der Waals surface area contributed by atoms with Crippen molar-refractivity contribution in [3.63, 3.8) is 0 Å². The van der Waals surface area contributed by atoms with Gasteiger partial charge in [0.05, 0.1) is 13.2 Å². The maximum Gasteiger partial charge on any atom is 0.191 e. The number of benzene rings is 1. The molecule has 0 aliphatic carbocycles. The molecule has 4 nitrogen and oxygen atoms in total. The van der Waals surface area contributed by atoms with Gasteiger partial charge in [-0.05, 0) is 29.9 Å². The Morgan fingerprint density at radius 1 is 1.09 bits per heavy atom. The standard InChI is InChI=1S/C18H25N3OS/c1-19-18(21-15-17-9-5-14-23-17)20-11-6-12-22-13-10-16-7-3-2-4-8-16/h2-5,7-9,14H,6,10-13,15H2,1H3,(H2,19,20,21). The number of nitrogens with one attached hydrogen (secondary N) is 2. The molecule has 0 radical (unpaired) electrons. The first kappa shape index (κ1) is 17.5. The molecule has 1 aromatic heterocycles. The summed E-state index contributed by atoms with van der Waals surface area (Å²) in [5.74, 6) is 0.836. The van der Waals surface area contributed by atoms with E-state index in [0.29, 0.717) is 0 Å². The van der Waals surface area contributed by atoms with Crippen molar-refractivity contribution in [2.75, 3.05) is 26.8 Å². The summed E-state index contributed by atoms with van der Waals surface area (Å²) < 4.78 is 5.67. The van der Waals surface area contributed by atoms with Crippen LogP contribution in [0, 0.1) is 0 Å². The van der Waals surface area contributed by atoms with E-state index in [1.807, 2.05) is 6.07 Å². The van der Waals surface area contributed by atoms with E-state index in [4.69, 9.17) is 4.74 Å². The second-order valence-electron chi connectivity index (χ2n) is 5.13. The Kier molecular flexibility index (Phi) is 8.22. The molecule has 23 heavy (non-hydrogen) atoms. The average molecular weight is 331 g/mol. The maximum absolute atomic E-state index is 5.67. The van der Waals surface area contributed by atoms with Crippen LogP contribution >= 0.6 is 11.3 Å². The summed E-state index contributed by atoms with van der Waals surface area (Å²) in [5.41, 5.74) is 1.32. The monoisotopic (exact) mass is 331 g/mol. The number of hydrogen-bond acceptors (Lipinski definition) is 3. The number of thiophene rings is 1. The van der Waals surface area contributed by atoms with Crippen molar-refractivity contribution in [3.8, 4) is 0 Å². The molecule has 0 atom stereocenters. The molecule has 0 bridgehead atoms. The fourth-order valence-electron chi connectivity index (χ4n) is 2.12. The molecule has 2 rings (SSSR count). The fourth-order valence-corrected chi connectivity index (χ4v) is 2.77. The highest BCUT2D eigenvalue weighted by atomic mass is 32.1. The molecule has 0 unspecified atom stereocenters. The van der Waals surface area contributed by atoms with Gasteiger partial charge in [-0.15, -0.1) is 11.3 Å². The summed E-state index contributed by atoms with van der Waals surface area (Å²) in [6.45, 7) is 3.21. The van der Waals surface area contributed by atoms with Crippen LogP contribution in [0.1, 0.15) is 16.9 Å². The first-order valence-corrected chi connectivity index (χ1v) is 8.85. The van der Waals surface area contributed by atoms with E-state index in [-0.39, 0.29) is 0 Å². The molecular weight excluding hydrogens is 306 g/mol. The van der Waals surface area contributed by atoms with Gasteiger partial charge in [0.25, 0.3) is 0 Å². The summed E-state index contributed by atoms with van der Waals surface area (Å²) in [7, 11) is 1.79. The summed E-state index contributed by atoms with van der Waals surface area (Å²) in [6.07, 6.45) is 1.94. The summed E-state index contributed by atoms with van der Waals surface area (Å²) in [5, 5.41) is 8.69. The Morgan fingerprint density at radius 2 is 1.96 bits per heavy atom. The molecule has 0 amide bonds. The number of aliphatic imine (C=N–C) groups is 1. The van der Waals surface area contributed by atoms with E-state index in [1.165, 1.54) is 10.4 Å². The summed E-state index contributed by atoms with van der Waals surface area (Å²) in [6, 6.07) is 14.6. The van der Waals surface area contributed by atoms with Crippen LogP contribution < -0.4 is 10.6 Å². The van der Waals surface area contributed by atoms with E-state index in [2.05, 4.69) is 57.4 Å². The summed E-state index contributed by atoms with van der Waals surface area (Å²) >= 11 is 1.75. The van der Waals surface area contributed by atoms with Crippen LogP contribution in [-0.4, -0.2) is 32.8 Å². The third-order valence-electron chi connectivity index (χ3n) is 3.37. The normalized spacial score (nSPS) is 11.4.